The fourth-order valence-electron chi connectivity index (χ4n) is 4.38. The molecule has 0 N–H and O–H groups in total. The quantitative estimate of drug-likeness (QED) is 0.342. The standard InChI is InChI=1S/C25H21F3N4O4S/c26-25(27,28)24-30-14-18(15-31-24)19-12-16(9-10-29-19)7-8-21(33)20-5-3-11-32(20)37(34,35)23-13-17-4-1-2-6-22(17)36-23/h1-2,4,6,9-10,12-15,20H,3,5,7-8,11H2/t20-/m0/s1. The molecule has 4 aromatic rings. The Morgan fingerprint density at radius 1 is 1.08 bits per heavy atom. The molecule has 1 aliphatic heterocycles. The van der Waals surface area contributed by atoms with Crippen molar-refractivity contribution in [3.05, 3.63) is 72.4 Å². The molecule has 1 saturated heterocycles. The summed E-state index contributed by atoms with van der Waals surface area (Å²) in [5, 5.41) is 0.473. The lowest BCUT2D eigenvalue weighted by molar-refractivity contribution is -0.145. The predicted octanol–water partition coefficient (Wildman–Crippen LogP) is 4.66. The molecule has 3 aromatic heterocycles. The number of furan rings is 1. The second-order valence-corrected chi connectivity index (χ2v) is 10.5. The van der Waals surface area contributed by atoms with Crippen molar-refractivity contribution in [3.8, 4) is 11.3 Å². The molecule has 0 spiro atoms. The van der Waals surface area contributed by atoms with Crippen LogP contribution in [0.25, 0.3) is 22.2 Å². The minimum absolute atomic E-state index is 0.0871. The Morgan fingerprint density at radius 3 is 2.57 bits per heavy atom. The zero-order chi connectivity index (χ0) is 26.2. The van der Waals surface area contributed by atoms with Crippen LogP contribution in [-0.2, 0) is 27.4 Å². The van der Waals surface area contributed by atoms with Crippen LogP contribution in [0.5, 0.6) is 0 Å². The number of ketones is 1. The summed E-state index contributed by atoms with van der Waals surface area (Å²) in [5.74, 6) is -1.45. The molecule has 1 fully saturated rings. The highest BCUT2D eigenvalue weighted by molar-refractivity contribution is 7.89. The van der Waals surface area contributed by atoms with E-state index in [0.29, 0.717) is 41.5 Å². The van der Waals surface area contributed by atoms with Gasteiger partial charge >= 0.3 is 6.18 Å². The summed E-state index contributed by atoms with van der Waals surface area (Å²) in [7, 11) is -3.99. The highest BCUT2D eigenvalue weighted by Crippen LogP contribution is 2.31. The van der Waals surface area contributed by atoms with Gasteiger partial charge in [0, 0.05) is 48.6 Å². The second-order valence-electron chi connectivity index (χ2n) is 8.69. The summed E-state index contributed by atoms with van der Waals surface area (Å²) >= 11 is 0. The third-order valence-corrected chi connectivity index (χ3v) is 7.99. The summed E-state index contributed by atoms with van der Waals surface area (Å²) in [6, 6.07) is 11.0. The molecule has 8 nitrogen and oxygen atoms in total. The molecular formula is C25H21F3N4O4S. The van der Waals surface area contributed by atoms with E-state index >= 15 is 0 Å². The summed E-state index contributed by atoms with van der Waals surface area (Å²) in [5.41, 5.74) is 1.85. The molecule has 0 unspecified atom stereocenters. The average molecular weight is 531 g/mol. The van der Waals surface area contributed by atoms with Crippen LogP contribution >= 0.6 is 0 Å². The number of carbonyl (C=O) groups excluding carboxylic acids is 1. The normalized spacial score (nSPS) is 16.9. The van der Waals surface area contributed by atoms with Crippen LogP contribution in [0.3, 0.4) is 0 Å². The molecule has 192 valence electrons. The van der Waals surface area contributed by atoms with Gasteiger partial charge in [-0.05, 0) is 43.0 Å². The lowest BCUT2D eigenvalue weighted by atomic mass is 10.0. The molecule has 37 heavy (non-hydrogen) atoms. The van der Waals surface area contributed by atoms with Gasteiger partial charge in [-0.15, -0.1) is 0 Å². The summed E-state index contributed by atoms with van der Waals surface area (Å²) < 4.78 is 71.5. The molecule has 1 atom stereocenters. The second kappa shape index (κ2) is 9.67. The number of aromatic nitrogens is 3. The lowest BCUT2D eigenvalue weighted by Crippen LogP contribution is -2.40. The molecule has 4 heterocycles. The van der Waals surface area contributed by atoms with Crippen LogP contribution in [0.2, 0.25) is 0 Å². The van der Waals surface area contributed by atoms with Gasteiger partial charge in [0.05, 0.1) is 11.7 Å². The Balaban J connectivity index is 1.28. The van der Waals surface area contributed by atoms with Gasteiger partial charge in [0.15, 0.2) is 5.78 Å². The predicted molar refractivity (Wildman–Crippen MR) is 127 cm³/mol. The number of alkyl halides is 3. The van der Waals surface area contributed by atoms with Crippen molar-refractivity contribution in [3.63, 3.8) is 0 Å². The van der Waals surface area contributed by atoms with Crippen molar-refractivity contribution < 1.29 is 30.8 Å². The monoisotopic (exact) mass is 530 g/mol. The van der Waals surface area contributed by atoms with Crippen molar-refractivity contribution in [2.75, 3.05) is 6.54 Å². The van der Waals surface area contributed by atoms with Gasteiger partial charge < -0.3 is 4.42 Å². The number of para-hydroxylation sites is 1. The fraction of sp³-hybridized carbons (Fsp3) is 0.280. The van der Waals surface area contributed by atoms with Crippen LogP contribution in [0.15, 0.2) is 70.6 Å². The van der Waals surface area contributed by atoms with Crippen molar-refractivity contribution in [2.45, 2.75) is 43.0 Å². The maximum absolute atomic E-state index is 13.3. The van der Waals surface area contributed by atoms with Crippen molar-refractivity contribution in [1.29, 1.82) is 0 Å². The fourth-order valence-corrected chi connectivity index (χ4v) is 6.01. The molecule has 1 aliphatic rings. The Labute approximate surface area is 210 Å². The molecule has 0 bridgehead atoms. The number of rotatable bonds is 7. The third-order valence-electron chi connectivity index (χ3n) is 6.23. The maximum atomic E-state index is 13.3. The Morgan fingerprint density at radius 2 is 1.84 bits per heavy atom. The molecule has 5 rings (SSSR count). The number of pyridine rings is 1. The third kappa shape index (κ3) is 5.12. The average Bonchev–Trinajstić information content (AvgIpc) is 3.55. The van der Waals surface area contributed by atoms with E-state index in [9.17, 15) is 26.4 Å². The van der Waals surface area contributed by atoms with E-state index in [2.05, 4.69) is 15.0 Å². The van der Waals surface area contributed by atoms with Crippen molar-refractivity contribution in [1.82, 2.24) is 19.3 Å². The molecule has 0 saturated carbocycles. The topological polar surface area (TPSA) is 106 Å². The highest BCUT2D eigenvalue weighted by Gasteiger charge is 2.40. The Hall–Kier alpha value is -3.64. The van der Waals surface area contributed by atoms with E-state index in [4.69, 9.17) is 4.42 Å². The van der Waals surface area contributed by atoms with Gasteiger partial charge in [0.2, 0.25) is 10.9 Å². The number of hydrogen-bond acceptors (Lipinski definition) is 7. The number of Topliss-reactive ketones (excluding diaryl/α,β-unsaturated/α-hetero) is 1. The van der Waals surface area contributed by atoms with Gasteiger partial charge in [0.25, 0.3) is 10.0 Å². The van der Waals surface area contributed by atoms with E-state index in [1.54, 1.807) is 36.4 Å². The van der Waals surface area contributed by atoms with Gasteiger partial charge in [-0.3, -0.25) is 9.78 Å². The van der Waals surface area contributed by atoms with Crippen LogP contribution < -0.4 is 0 Å². The van der Waals surface area contributed by atoms with E-state index in [0.717, 1.165) is 18.0 Å². The van der Waals surface area contributed by atoms with Crippen molar-refractivity contribution in [2.24, 2.45) is 0 Å². The SMILES string of the molecule is O=C(CCc1ccnc(-c2cnc(C(F)(F)F)nc2)c1)[C@@H]1CCCN1S(=O)(=O)c1cc2ccccc2o1. The summed E-state index contributed by atoms with van der Waals surface area (Å²) in [4.78, 5) is 23.9. The molecule has 12 heteroatoms. The first-order chi connectivity index (χ1) is 17.6. The van der Waals surface area contributed by atoms with Crippen LogP contribution in [0.4, 0.5) is 13.2 Å². The smallest absolute Gasteiger partial charge is 0.443 e. The first-order valence-electron chi connectivity index (χ1n) is 11.5. The van der Waals surface area contributed by atoms with Crippen molar-refractivity contribution >= 4 is 26.8 Å². The number of aryl methyl sites for hydroxylation is 1. The zero-order valence-corrected chi connectivity index (χ0v) is 20.2. The van der Waals surface area contributed by atoms with Gasteiger partial charge in [-0.25, -0.2) is 18.4 Å². The number of sulfonamides is 1. The van der Waals surface area contributed by atoms with Gasteiger partial charge in [0.1, 0.15) is 5.58 Å². The molecule has 1 aromatic carbocycles. The minimum Gasteiger partial charge on any atom is -0.443 e. The Kier molecular flexibility index (Phi) is 6.54. The summed E-state index contributed by atoms with van der Waals surface area (Å²) in [6.45, 7) is 0.225. The highest BCUT2D eigenvalue weighted by atomic mass is 32.2. The first-order valence-corrected chi connectivity index (χ1v) is 12.9. The number of fused-ring (bicyclic) bond motifs is 1. The maximum Gasteiger partial charge on any atom is 0.451 e. The largest absolute Gasteiger partial charge is 0.451 e. The van der Waals surface area contributed by atoms with Crippen LogP contribution in [0.1, 0.15) is 30.7 Å². The van der Waals surface area contributed by atoms with Gasteiger partial charge in [-0.2, -0.15) is 17.5 Å². The van der Waals surface area contributed by atoms with Crippen LogP contribution in [-0.4, -0.2) is 46.0 Å². The van der Waals surface area contributed by atoms with E-state index in [1.165, 1.54) is 16.6 Å². The Bertz CT molecular complexity index is 1520. The summed E-state index contributed by atoms with van der Waals surface area (Å²) in [6.07, 6.45) is 0.320. The molecule has 0 radical (unpaired) electrons. The van der Waals surface area contributed by atoms with Crippen LogP contribution in [0, 0.1) is 0 Å². The van der Waals surface area contributed by atoms with E-state index in [-0.39, 0.29) is 23.8 Å². The zero-order valence-electron chi connectivity index (χ0n) is 19.4. The number of benzene rings is 1. The van der Waals surface area contributed by atoms with E-state index in [1.807, 2.05) is 0 Å². The lowest BCUT2D eigenvalue weighted by Gasteiger charge is -2.21. The number of halogens is 3. The van der Waals surface area contributed by atoms with Gasteiger partial charge in [-0.1, -0.05) is 18.2 Å². The van der Waals surface area contributed by atoms with E-state index < -0.39 is 28.1 Å². The molecular weight excluding hydrogens is 509 g/mol. The number of carbonyl (C=O) groups is 1. The number of hydrogen-bond donors (Lipinski definition) is 0. The number of nitrogens with zero attached hydrogens (tertiary/aromatic N) is 4. The molecule has 0 aliphatic carbocycles. The minimum atomic E-state index is -4.64. The first kappa shape index (κ1) is 25.0. The molecule has 0 amide bonds.